The summed E-state index contributed by atoms with van der Waals surface area (Å²) < 4.78 is 38.7. The molecule has 36 heavy (non-hydrogen) atoms. The number of carbonyl (C=O) groups excluding carboxylic acids is 1. The first kappa shape index (κ1) is 29.5. The third-order valence-electron chi connectivity index (χ3n) is 4.94. The fraction of sp³-hybridized carbons (Fsp3) is 0.292. The molecule has 0 saturated carbocycles. The molecule has 194 valence electrons. The molecule has 3 aromatic rings. The van der Waals surface area contributed by atoms with Gasteiger partial charge in [-0.05, 0) is 43.7 Å². The van der Waals surface area contributed by atoms with E-state index in [1.165, 1.54) is 30.1 Å². The summed E-state index contributed by atoms with van der Waals surface area (Å²) in [6.07, 6.45) is -3.22. The normalized spacial score (nSPS) is 10.9. The lowest BCUT2D eigenvalue weighted by Gasteiger charge is -2.17. The Morgan fingerprint density at radius 1 is 1.11 bits per heavy atom. The monoisotopic (exact) mass is 560 g/mol. The van der Waals surface area contributed by atoms with Crippen LogP contribution >= 0.6 is 35.0 Å². The Morgan fingerprint density at radius 3 is 2.36 bits per heavy atom. The van der Waals surface area contributed by atoms with Crippen LogP contribution in [0.2, 0.25) is 10.0 Å². The molecule has 0 bridgehead atoms. The predicted octanol–water partition coefficient (Wildman–Crippen LogP) is 6.98. The number of alkyl halides is 3. The summed E-state index contributed by atoms with van der Waals surface area (Å²) in [4.78, 5) is 25.5. The molecule has 0 aliphatic rings. The number of amides is 1. The predicted molar refractivity (Wildman–Crippen MR) is 140 cm³/mol. The maximum Gasteiger partial charge on any atom is 0.416 e. The van der Waals surface area contributed by atoms with Crippen molar-refractivity contribution in [1.82, 2.24) is 14.7 Å². The highest BCUT2D eigenvalue weighted by atomic mass is 35.5. The summed E-state index contributed by atoms with van der Waals surface area (Å²) in [7, 11) is 1.55. The van der Waals surface area contributed by atoms with Gasteiger partial charge >= 0.3 is 6.18 Å². The molecule has 1 N–H and O–H groups in total. The molecule has 0 radical (unpaired) electrons. The highest BCUT2D eigenvalue weighted by Crippen LogP contribution is 2.30. The molecule has 1 aromatic heterocycles. The minimum absolute atomic E-state index is 0.00521. The van der Waals surface area contributed by atoms with E-state index in [2.05, 4.69) is 10.4 Å². The average molecular weight is 561 g/mol. The molecule has 0 aliphatic heterocycles. The Hall–Kier alpha value is -2.69. The van der Waals surface area contributed by atoms with E-state index in [-0.39, 0.29) is 15.9 Å². The molecule has 0 aliphatic carbocycles. The molecular weight excluding hydrogens is 536 g/mol. The van der Waals surface area contributed by atoms with E-state index >= 15 is 0 Å². The van der Waals surface area contributed by atoms with Crippen molar-refractivity contribution >= 4 is 45.9 Å². The van der Waals surface area contributed by atoms with Gasteiger partial charge in [-0.15, -0.1) is 0 Å². The zero-order valence-corrected chi connectivity index (χ0v) is 22.1. The van der Waals surface area contributed by atoms with Crippen molar-refractivity contribution in [2.75, 3.05) is 25.5 Å². The van der Waals surface area contributed by atoms with Gasteiger partial charge in [0, 0.05) is 30.9 Å². The van der Waals surface area contributed by atoms with Crippen LogP contribution in [0.15, 0.2) is 59.5 Å². The number of aromatic nitrogens is 2. The number of hydrogen-bond acceptors (Lipinski definition) is 5. The van der Waals surface area contributed by atoms with Gasteiger partial charge in [0.1, 0.15) is 5.02 Å². The number of thioether (sulfide) groups is 1. The Bertz CT molecular complexity index is 1230. The smallest absolute Gasteiger partial charge is 0.385 e. The lowest BCUT2D eigenvalue weighted by atomic mass is 10.2. The molecule has 2 aromatic carbocycles. The van der Waals surface area contributed by atoms with E-state index in [1.54, 1.807) is 7.05 Å². The maximum atomic E-state index is 12.6. The molecule has 3 rings (SSSR count). The zero-order valence-electron chi connectivity index (χ0n) is 19.8. The Kier molecular flexibility index (Phi) is 11.1. The molecular formula is C24H25Cl2F3N4O2S. The van der Waals surface area contributed by atoms with Crippen LogP contribution in [0, 0.1) is 0 Å². The molecule has 6 nitrogen and oxygen atoms in total. The summed E-state index contributed by atoms with van der Waals surface area (Å²) in [6.45, 7) is 5.48. The van der Waals surface area contributed by atoms with Gasteiger partial charge in [-0.3, -0.25) is 9.59 Å². The second kappa shape index (κ2) is 13.6. The van der Waals surface area contributed by atoms with E-state index in [0.29, 0.717) is 11.4 Å². The fourth-order valence-corrected chi connectivity index (χ4v) is 4.41. The van der Waals surface area contributed by atoms with Gasteiger partial charge in [-0.1, -0.05) is 59.2 Å². The maximum absolute atomic E-state index is 12.6. The largest absolute Gasteiger partial charge is 0.416 e. The Morgan fingerprint density at radius 2 is 1.78 bits per heavy atom. The van der Waals surface area contributed by atoms with Crippen molar-refractivity contribution < 1.29 is 18.0 Å². The van der Waals surface area contributed by atoms with E-state index in [9.17, 15) is 22.8 Å². The van der Waals surface area contributed by atoms with E-state index in [0.717, 1.165) is 40.5 Å². The fourth-order valence-electron chi connectivity index (χ4n) is 2.93. The van der Waals surface area contributed by atoms with E-state index < -0.39 is 17.3 Å². The summed E-state index contributed by atoms with van der Waals surface area (Å²) in [5, 5.41) is 7.16. The number of halogens is 5. The van der Waals surface area contributed by atoms with Gasteiger partial charge < -0.3 is 10.2 Å². The third-order valence-corrected chi connectivity index (χ3v) is 6.63. The first-order valence-electron chi connectivity index (χ1n) is 10.8. The van der Waals surface area contributed by atoms with Crippen molar-refractivity contribution in [3.63, 3.8) is 0 Å². The molecule has 1 amide bonds. The first-order valence-corrected chi connectivity index (χ1v) is 12.6. The van der Waals surface area contributed by atoms with Crippen molar-refractivity contribution in [1.29, 1.82) is 0 Å². The highest BCUT2D eigenvalue weighted by molar-refractivity contribution is 8.12. The van der Waals surface area contributed by atoms with Gasteiger partial charge in [0.15, 0.2) is 0 Å². The number of benzene rings is 2. The van der Waals surface area contributed by atoms with Crippen molar-refractivity contribution in [2.45, 2.75) is 25.8 Å². The number of carbonyl (C=O) groups is 1. The lowest BCUT2D eigenvalue weighted by Crippen LogP contribution is -2.26. The van der Waals surface area contributed by atoms with Crippen molar-refractivity contribution in [2.24, 2.45) is 0 Å². The summed E-state index contributed by atoms with van der Waals surface area (Å²) in [5.74, 6) is 0.634. The van der Waals surface area contributed by atoms with Crippen LogP contribution in [0.25, 0.3) is 5.69 Å². The number of hydrogen-bond donors (Lipinski definition) is 1. The molecule has 0 unspecified atom stereocenters. The molecule has 0 atom stereocenters. The zero-order chi connectivity index (χ0) is 26.9. The Balaban J connectivity index is 0.000000261. The van der Waals surface area contributed by atoms with Crippen molar-refractivity contribution in [3.05, 3.63) is 86.3 Å². The van der Waals surface area contributed by atoms with Crippen LogP contribution in [-0.2, 0) is 11.9 Å². The molecule has 0 spiro atoms. The van der Waals surface area contributed by atoms with Crippen LogP contribution in [0.4, 0.5) is 23.7 Å². The molecule has 0 fully saturated rings. The molecule has 0 saturated heterocycles. The second-order valence-corrected chi connectivity index (χ2v) is 8.92. The van der Waals surface area contributed by atoms with Crippen LogP contribution in [0.1, 0.15) is 25.0 Å². The number of nitrogens with one attached hydrogen (secondary N) is 1. The summed E-state index contributed by atoms with van der Waals surface area (Å²) in [6, 6.07) is 11.9. The SMILES string of the molecule is CCN(CC)C(=O)SCc1ccccc1Cl.CNc1cnn(-c2cccc(C(F)(F)F)c2)c(=O)c1Cl. The number of nitrogens with zero attached hydrogens (tertiary/aromatic N) is 3. The standard InChI is InChI=1S/C12H9ClF3N3O.C12H16ClNOS/c1-17-9-6-18-19(11(20)10(9)13)8-4-2-3-7(5-8)12(14,15)16;1-3-14(4-2)12(15)16-9-10-7-5-6-8-11(10)13/h2-6,17H,1H3;5-8H,3-4,9H2,1-2H3. The van der Waals surface area contributed by atoms with E-state index in [1.807, 2.05) is 43.0 Å². The van der Waals surface area contributed by atoms with Gasteiger partial charge in [0.05, 0.1) is 23.1 Å². The minimum Gasteiger partial charge on any atom is -0.385 e. The van der Waals surface area contributed by atoms with Crippen LogP contribution in [0.3, 0.4) is 0 Å². The number of anilines is 1. The van der Waals surface area contributed by atoms with Crippen molar-refractivity contribution in [3.8, 4) is 5.69 Å². The number of rotatable bonds is 6. The third kappa shape index (κ3) is 7.91. The van der Waals surface area contributed by atoms with Gasteiger partial charge in [0.2, 0.25) is 0 Å². The molecule has 12 heteroatoms. The van der Waals surface area contributed by atoms with E-state index in [4.69, 9.17) is 23.2 Å². The van der Waals surface area contributed by atoms with Gasteiger partial charge in [-0.2, -0.15) is 23.0 Å². The minimum atomic E-state index is -4.49. The summed E-state index contributed by atoms with van der Waals surface area (Å²) >= 11 is 13.1. The first-order chi connectivity index (χ1) is 17.0. The quantitative estimate of drug-likeness (QED) is 0.352. The highest BCUT2D eigenvalue weighted by Gasteiger charge is 2.30. The Labute approximate surface area is 221 Å². The van der Waals surface area contributed by atoms with Crippen LogP contribution in [-0.4, -0.2) is 40.1 Å². The van der Waals surface area contributed by atoms with Crippen LogP contribution in [0.5, 0.6) is 0 Å². The lowest BCUT2D eigenvalue weighted by molar-refractivity contribution is -0.137. The van der Waals surface area contributed by atoms with Crippen LogP contribution < -0.4 is 10.9 Å². The molecule has 1 heterocycles. The summed E-state index contributed by atoms with van der Waals surface area (Å²) in [5.41, 5.74) is -0.251. The van der Waals surface area contributed by atoms with Gasteiger partial charge in [0.25, 0.3) is 10.8 Å². The topological polar surface area (TPSA) is 67.2 Å². The second-order valence-electron chi connectivity index (χ2n) is 7.21. The van der Waals surface area contributed by atoms with Gasteiger partial charge in [-0.25, -0.2) is 0 Å². The average Bonchev–Trinajstić information content (AvgIpc) is 2.86.